The molecule has 0 saturated carbocycles. The SMILES string of the molecule is CC(OC(C)C)=C(OC(C)C)OC(C)C.O=C(O)CO.[Ti]. The molecule has 0 heterocycles. The molecule has 2 N–H and O–H groups in total. The van der Waals surface area contributed by atoms with Crippen molar-refractivity contribution in [2.45, 2.75) is 66.8 Å². The van der Waals surface area contributed by atoms with Crippen molar-refractivity contribution in [1.82, 2.24) is 0 Å². The van der Waals surface area contributed by atoms with E-state index in [1.54, 1.807) is 0 Å². The Labute approximate surface area is 142 Å². The van der Waals surface area contributed by atoms with Gasteiger partial charge in [-0.3, -0.25) is 0 Å². The van der Waals surface area contributed by atoms with Crippen LogP contribution in [0, 0.1) is 0 Å². The van der Waals surface area contributed by atoms with Crippen molar-refractivity contribution in [3.63, 3.8) is 0 Å². The summed E-state index contributed by atoms with van der Waals surface area (Å²) in [6, 6.07) is 0. The fourth-order valence-corrected chi connectivity index (χ4v) is 1.02. The van der Waals surface area contributed by atoms with Crippen molar-refractivity contribution in [2.75, 3.05) is 6.61 Å². The number of allylic oxidation sites excluding steroid dienone is 1. The summed E-state index contributed by atoms with van der Waals surface area (Å²) < 4.78 is 16.7. The fourth-order valence-electron chi connectivity index (χ4n) is 1.02. The molecule has 0 aliphatic heterocycles. The summed E-state index contributed by atoms with van der Waals surface area (Å²) in [6.45, 7) is 12.9. The zero-order valence-corrected chi connectivity index (χ0v) is 15.5. The van der Waals surface area contributed by atoms with E-state index in [1.165, 1.54) is 0 Å². The maximum atomic E-state index is 9.12. The number of aliphatic carboxylic acids is 1. The topological polar surface area (TPSA) is 85.2 Å². The minimum absolute atomic E-state index is 0. The summed E-state index contributed by atoms with van der Waals surface area (Å²) in [4.78, 5) is 9.12. The first-order chi connectivity index (χ1) is 9.09. The largest absolute Gasteiger partial charge is 0.488 e. The Morgan fingerprint density at radius 3 is 1.38 bits per heavy atom. The molecule has 0 amide bonds. The van der Waals surface area contributed by atoms with Gasteiger partial charge in [0.05, 0.1) is 18.3 Å². The summed E-state index contributed by atoms with van der Waals surface area (Å²) in [5.74, 6) is 0.00565. The zero-order valence-electron chi connectivity index (χ0n) is 14.0. The first kappa shape index (κ1) is 25.3. The number of aliphatic hydroxyl groups excluding tert-OH is 1. The molecule has 0 aromatic heterocycles. The predicted molar refractivity (Wildman–Crippen MR) is 76.1 cm³/mol. The quantitative estimate of drug-likeness (QED) is 0.547. The molecule has 0 rings (SSSR count). The number of carbonyl (C=O) groups is 1. The Morgan fingerprint density at radius 2 is 1.19 bits per heavy atom. The molecule has 0 aliphatic carbocycles. The number of carboxylic acids is 1. The molecule has 0 atom stereocenters. The molecule has 6 nitrogen and oxygen atoms in total. The molecule has 0 fully saturated rings. The average Bonchev–Trinajstić information content (AvgIpc) is 2.26. The number of rotatable bonds is 7. The normalized spacial score (nSPS) is 9.48. The summed E-state index contributed by atoms with van der Waals surface area (Å²) >= 11 is 0. The van der Waals surface area contributed by atoms with E-state index in [4.69, 9.17) is 29.2 Å². The van der Waals surface area contributed by atoms with Gasteiger partial charge in [-0.05, 0) is 41.5 Å². The minimum Gasteiger partial charge on any atom is -0.488 e. The van der Waals surface area contributed by atoms with E-state index in [-0.39, 0.29) is 40.0 Å². The van der Waals surface area contributed by atoms with Crippen LogP contribution in [-0.2, 0) is 40.7 Å². The molecule has 0 aromatic rings. The second-order valence-corrected chi connectivity index (χ2v) is 4.90. The van der Waals surface area contributed by atoms with E-state index < -0.39 is 12.6 Å². The van der Waals surface area contributed by atoms with Crippen LogP contribution < -0.4 is 0 Å². The smallest absolute Gasteiger partial charge is 0.329 e. The van der Waals surface area contributed by atoms with Crippen molar-refractivity contribution in [1.29, 1.82) is 0 Å². The third kappa shape index (κ3) is 19.3. The first-order valence-corrected chi connectivity index (χ1v) is 6.63. The molecule has 0 spiro atoms. The van der Waals surface area contributed by atoms with Gasteiger partial charge in [0.1, 0.15) is 6.61 Å². The maximum absolute atomic E-state index is 9.12. The number of carboxylic acid groups (broad SMARTS) is 1. The summed E-state index contributed by atoms with van der Waals surface area (Å²) in [5.41, 5.74) is 0. The van der Waals surface area contributed by atoms with Crippen molar-refractivity contribution in [3.05, 3.63) is 11.7 Å². The Kier molecular flexibility index (Phi) is 17.1. The van der Waals surface area contributed by atoms with Crippen molar-refractivity contribution in [3.8, 4) is 0 Å². The van der Waals surface area contributed by atoms with Crippen LogP contribution in [0.15, 0.2) is 11.7 Å². The molecule has 21 heavy (non-hydrogen) atoms. The van der Waals surface area contributed by atoms with Gasteiger partial charge in [-0.1, -0.05) is 0 Å². The van der Waals surface area contributed by atoms with Crippen LogP contribution in [0.2, 0.25) is 0 Å². The maximum Gasteiger partial charge on any atom is 0.329 e. The molecule has 124 valence electrons. The van der Waals surface area contributed by atoms with Gasteiger partial charge in [-0.25, -0.2) is 4.79 Å². The molecule has 0 saturated heterocycles. The van der Waals surface area contributed by atoms with Gasteiger partial charge in [0, 0.05) is 28.6 Å². The molecule has 0 radical (unpaired) electrons. The number of hydrogen-bond donors (Lipinski definition) is 2. The van der Waals surface area contributed by atoms with Crippen LogP contribution in [0.3, 0.4) is 0 Å². The molecule has 7 heteroatoms. The molecule has 0 aromatic carbocycles. The predicted octanol–water partition coefficient (Wildman–Crippen LogP) is 2.51. The van der Waals surface area contributed by atoms with Gasteiger partial charge in [0.25, 0.3) is 0 Å². The Balaban J connectivity index is -0.000000465. The summed E-state index contributed by atoms with van der Waals surface area (Å²) in [7, 11) is 0. The average molecular weight is 340 g/mol. The van der Waals surface area contributed by atoms with Crippen LogP contribution in [0.1, 0.15) is 48.5 Å². The van der Waals surface area contributed by atoms with Crippen LogP contribution >= 0.6 is 0 Å². The van der Waals surface area contributed by atoms with Crippen LogP contribution in [0.5, 0.6) is 0 Å². The number of hydrogen-bond acceptors (Lipinski definition) is 5. The van der Waals surface area contributed by atoms with E-state index in [0.717, 1.165) is 0 Å². The third-order valence-corrected chi connectivity index (χ3v) is 1.52. The Bertz CT molecular complexity index is 288. The van der Waals surface area contributed by atoms with Crippen LogP contribution in [-0.4, -0.2) is 41.1 Å². The van der Waals surface area contributed by atoms with Gasteiger partial charge < -0.3 is 24.4 Å². The first-order valence-electron chi connectivity index (χ1n) is 6.63. The van der Waals surface area contributed by atoms with Crippen molar-refractivity contribution < 1.29 is 50.9 Å². The van der Waals surface area contributed by atoms with Gasteiger partial charge in [-0.2, -0.15) is 0 Å². The minimum atomic E-state index is -1.19. The molecular formula is C14H28O6Ti. The number of ether oxygens (including phenoxy) is 3. The summed E-state index contributed by atoms with van der Waals surface area (Å²) in [5, 5.41) is 15.0. The van der Waals surface area contributed by atoms with E-state index in [1.807, 2.05) is 48.5 Å². The van der Waals surface area contributed by atoms with Gasteiger partial charge in [0.2, 0.25) is 0 Å². The molecule has 0 aliphatic rings. The van der Waals surface area contributed by atoms with Gasteiger partial charge in [0.15, 0.2) is 5.76 Å². The summed E-state index contributed by atoms with van der Waals surface area (Å²) in [6.07, 6.45) is 0.306. The van der Waals surface area contributed by atoms with Crippen LogP contribution in [0.25, 0.3) is 0 Å². The number of aliphatic hydroxyl groups is 1. The Morgan fingerprint density at radius 1 is 0.905 bits per heavy atom. The molecule has 0 bridgehead atoms. The van der Waals surface area contributed by atoms with Crippen LogP contribution in [0.4, 0.5) is 0 Å². The van der Waals surface area contributed by atoms with Crippen molar-refractivity contribution in [2.24, 2.45) is 0 Å². The molecular weight excluding hydrogens is 312 g/mol. The monoisotopic (exact) mass is 340 g/mol. The zero-order chi connectivity index (χ0) is 16.3. The van der Waals surface area contributed by atoms with E-state index in [9.17, 15) is 0 Å². The van der Waals surface area contributed by atoms with E-state index in [2.05, 4.69) is 0 Å². The van der Waals surface area contributed by atoms with Gasteiger partial charge >= 0.3 is 11.9 Å². The fraction of sp³-hybridized carbons (Fsp3) is 0.786. The standard InChI is InChI=1S/C12H24O3.C2H4O3.Ti/c1-8(2)13-11(7)12(14-9(3)4)15-10(5)6;3-1-2(4)5;/h8-10H,1-7H3;3H,1H2,(H,4,5);. The Hall–Kier alpha value is -0.716. The second kappa shape index (κ2) is 14.2. The van der Waals surface area contributed by atoms with Gasteiger partial charge in [-0.15, -0.1) is 0 Å². The van der Waals surface area contributed by atoms with Crippen molar-refractivity contribution >= 4 is 5.97 Å². The van der Waals surface area contributed by atoms with E-state index >= 15 is 0 Å². The van der Waals surface area contributed by atoms with E-state index in [0.29, 0.717) is 11.7 Å². The second-order valence-electron chi connectivity index (χ2n) is 4.90. The third-order valence-electron chi connectivity index (χ3n) is 1.52. The molecule has 0 unspecified atom stereocenters.